The fraction of sp³-hybridized carbons (Fsp3) is 0.458. The van der Waals surface area contributed by atoms with E-state index in [4.69, 9.17) is 21.1 Å². The molecule has 2 amide bonds. The summed E-state index contributed by atoms with van der Waals surface area (Å²) in [7, 11) is 0. The Labute approximate surface area is 196 Å². The van der Waals surface area contributed by atoms with Crippen molar-refractivity contribution >= 4 is 35.1 Å². The SMILES string of the molecule is C[C@@]12C=CCOC(=O)[C@@H]1[C@H]1C(=O)N(CCCO)C3C(=O)N(c4ccc(Cl)cc4)CC=C[C@@]31O2. The molecule has 1 aromatic carbocycles. The van der Waals surface area contributed by atoms with E-state index in [0.717, 1.165) is 0 Å². The first-order valence-corrected chi connectivity index (χ1v) is 11.4. The maximum absolute atomic E-state index is 14.0. The third kappa shape index (κ3) is 3.23. The molecule has 2 fully saturated rings. The van der Waals surface area contributed by atoms with Gasteiger partial charge in [-0.25, -0.2) is 0 Å². The number of likely N-dealkylation sites (tertiary alicyclic amines) is 1. The molecule has 5 atom stereocenters. The molecule has 8 nitrogen and oxygen atoms in total. The predicted octanol–water partition coefficient (Wildman–Crippen LogP) is 1.71. The van der Waals surface area contributed by atoms with Crippen molar-refractivity contribution in [2.45, 2.75) is 30.6 Å². The van der Waals surface area contributed by atoms with Gasteiger partial charge < -0.3 is 24.4 Å². The molecule has 1 unspecified atom stereocenters. The maximum atomic E-state index is 14.0. The van der Waals surface area contributed by atoms with Gasteiger partial charge in [-0.2, -0.15) is 0 Å². The Hall–Kier alpha value is -2.68. The second-order valence-electron chi connectivity index (χ2n) is 8.97. The molecule has 174 valence electrons. The van der Waals surface area contributed by atoms with Gasteiger partial charge in [-0.3, -0.25) is 14.4 Å². The van der Waals surface area contributed by atoms with Crippen molar-refractivity contribution < 1.29 is 29.0 Å². The lowest BCUT2D eigenvalue weighted by atomic mass is 9.75. The Morgan fingerprint density at radius 2 is 1.85 bits per heavy atom. The Morgan fingerprint density at radius 1 is 1.09 bits per heavy atom. The van der Waals surface area contributed by atoms with Gasteiger partial charge >= 0.3 is 5.97 Å². The third-order valence-corrected chi connectivity index (χ3v) is 7.26. The van der Waals surface area contributed by atoms with Crippen molar-refractivity contribution in [2.75, 3.05) is 31.2 Å². The van der Waals surface area contributed by atoms with Crippen LogP contribution in [0.1, 0.15) is 13.3 Å². The van der Waals surface area contributed by atoms with Gasteiger partial charge in [0.2, 0.25) is 5.91 Å². The first-order chi connectivity index (χ1) is 15.8. The molecule has 0 radical (unpaired) electrons. The van der Waals surface area contributed by atoms with Crippen LogP contribution in [0.15, 0.2) is 48.6 Å². The molecule has 9 heteroatoms. The number of ether oxygens (including phenoxy) is 2. The van der Waals surface area contributed by atoms with Crippen LogP contribution in [0.4, 0.5) is 5.69 Å². The second kappa shape index (κ2) is 7.97. The molecule has 4 aliphatic rings. The van der Waals surface area contributed by atoms with Gasteiger partial charge in [-0.15, -0.1) is 0 Å². The van der Waals surface area contributed by atoms with Crippen LogP contribution in [0.25, 0.3) is 0 Å². The summed E-state index contributed by atoms with van der Waals surface area (Å²) in [6.45, 7) is 2.18. The zero-order valence-corrected chi connectivity index (χ0v) is 18.9. The van der Waals surface area contributed by atoms with Crippen molar-refractivity contribution in [1.29, 1.82) is 0 Å². The van der Waals surface area contributed by atoms with E-state index < -0.39 is 35.0 Å². The first-order valence-electron chi connectivity index (χ1n) is 11.0. The van der Waals surface area contributed by atoms with Crippen LogP contribution < -0.4 is 4.90 Å². The van der Waals surface area contributed by atoms with Crippen LogP contribution in [0.5, 0.6) is 0 Å². The number of carbonyl (C=O) groups is 3. The molecule has 1 spiro atoms. The highest BCUT2D eigenvalue weighted by Gasteiger charge is 2.74. The van der Waals surface area contributed by atoms with Crippen molar-refractivity contribution in [2.24, 2.45) is 11.8 Å². The van der Waals surface area contributed by atoms with Gasteiger partial charge in [0.25, 0.3) is 5.91 Å². The van der Waals surface area contributed by atoms with Crippen molar-refractivity contribution in [3.05, 3.63) is 53.6 Å². The fourth-order valence-corrected chi connectivity index (χ4v) is 5.82. The van der Waals surface area contributed by atoms with E-state index in [1.54, 1.807) is 54.3 Å². The van der Waals surface area contributed by atoms with E-state index >= 15 is 0 Å². The summed E-state index contributed by atoms with van der Waals surface area (Å²) in [5.74, 6) is -2.96. The minimum absolute atomic E-state index is 0.110. The average Bonchev–Trinajstić information content (AvgIpc) is 3.04. The second-order valence-corrected chi connectivity index (χ2v) is 9.40. The molecule has 1 N–H and O–H groups in total. The number of fused-ring (bicyclic) bond motifs is 2. The molecule has 0 aromatic heterocycles. The number of aliphatic hydroxyl groups excluding tert-OH is 1. The molecular formula is C24H25ClN2O6. The smallest absolute Gasteiger partial charge is 0.313 e. The molecule has 0 saturated carbocycles. The number of esters is 1. The van der Waals surface area contributed by atoms with Crippen molar-refractivity contribution in [3.8, 4) is 0 Å². The Kier molecular flexibility index (Phi) is 5.34. The molecule has 5 rings (SSSR count). The number of nitrogens with zero attached hydrogens (tertiary/aromatic N) is 2. The average molecular weight is 473 g/mol. The van der Waals surface area contributed by atoms with Gasteiger partial charge in [-0.1, -0.05) is 29.8 Å². The van der Waals surface area contributed by atoms with Gasteiger partial charge in [0.1, 0.15) is 24.2 Å². The summed E-state index contributed by atoms with van der Waals surface area (Å²) in [5, 5.41) is 9.97. The number of aliphatic hydroxyl groups is 1. The lowest BCUT2D eigenvalue weighted by Gasteiger charge is -2.37. The summed E-state index contributed by atoms with van der Waals surface area (Å²) >= 11 is 6.03. The topological polar surface area (TPSA) is 96.4 Å². The van der Waals surface area contributed by atoms with Crippen LogP contribution in [0.3, 0.4) is 0 Å². The van der Waals surface area contributed by atoms with Crippen LogP contribution in [0, 0.1) is 11.8 Å². The lowest BCUT2D eigenvalue weighted by molar-refractivity contribution is -0.156. The van der Waals surface area contributed by atoms with Crippen LogP contribution in [-0.2, 0) is 23.9 Å². The van der Waals surface area contributed by atoms with E-state index in [-0.39, 0.29) is 38.1 Å². The summed E-state index contributed by atoms with van der Waals surface area (Å²) in [6.07, 6.45) is 7.36. The molecule has 0 bridgehead atoms. The van der Waals surface area contributed by atoms with E-state index in [9.17, 15) is 19.5 Å². The fourth-order valence-electron chi connectivity index (χ4n) is 5.69. The number of hydrogen-bond acceptors (Lipinski definition) is 6. The molecule has 4 aliphatic heterocycles. The minimum atomic E-state index is -1.33. The number of halogens is 1. The standard InChI is InChI=1S/C24H25ClN2O6/c1-23-9-3-14-32-22(31)18(23)17-20(29)27(12-4-13-28)19-21(30)26(11-2-10-24(17,19)33-23)16-7-5-15(25)6-8-16/h2-3,5-10,17-19,28H,4,11-14H2,1H3/t17-,18-,19?,23+,24-/m0/s1. The maximum Gasteiger partial charge on any atom is 0.313 e. The number of cyclic esters (lactones) is 1. The van der Waals surface area contributed by atoms with Crippen LogP contribution in [0.2, 0.25) is 5.02 Å². The molecular weight excluding hydrogens is 448 g/mol. The van der Waals surface area contributed by atoms with E-state index in [2.05, 4.69) is 0 Å². The molecule has 1 aromatic rings. The number of hydrogen-bond donors (Lipinski definition) is 1. The normalized spacial score (nSPS) is 35.1. The zero-order valence-electron chi connectivity index (χ0n) is 18.1. The molecule has 2 saturated heterocycles. The summed E-state index contributed by atoms with van der Waals surface area (Å²) in [4.78, 5) is 43.8. The lowest BCUT2D eigenvalue weighted by Crippen LogP contribution is -2.56. The van der Waals surface area contributed by atoms with Gasteiger partial charge in [0.05, 0.1) is 11.5 Å². The van der Waals surface area contributed by atoms with Gasteiger partial charge in [-0.05, 0) is 43.7 Å². The monoisotopic (exact) mass is 472 g/mol. The van der Waals surface area contributed by atoms with E-state index in [1.165, 1.54) is 4.90 Å². The third-order valence-electron chi connectivity index (χ3n) is 7.01. The first kappa shape index (κ1) is 22.1. The highest BCUT2D eigenvalue weighted by atomic mass is 35.5. The van der Waals surface area contributed by atoms with E-state index in [1.807, 2.05) is 6.08 Å². The molecule has 4 heterocycles. The van der Waals surface area contributed by atoms with Gasteiger partial charge in [0, 0.05) is 30.4 Å². The zero-order chi connectivity index (χ0) is 23.4. The number of benzene rings is 1. The number of amides is 2. The summed E-state index contributed by atoms with van der Waals surface area (Å²) in [5.41, 5.74) is -1.78. The van der Waals surface area contributed by atoms with Crippen LogP contribution >= 0.6 is 11.6 Å². The Morgan fingerprint density at radius 3 is 2.58 bits per heavy atom. The number of anilines is 1. The van der Waals surface area contributed by atoms with Crippen LogP contribution in [-0.4, -0.2) is 71.3 Å². The minimum Gasteiger partial charge on any atom is -0.461 e. The van der Waals surface area contributed by atoms with E-state index in [0.29, 0.717) is 17.1 Å². The summed E-state index contributed by atoms with van der Waals surface area (Å²) < 4.78 is 11.9. The van der Waals surface area contributed by atoms with Crippen molar-refractivity contribution in [1.82, 2.24) is 4.90 Å². The summed E-state index contributed by atoms with van der Waals surface area (Å²) in [6, 6.07) is 5.92. The largest absolute Gasteiger partial charge is 0.461 e. The highest BCUT2D eigenvalue weighted by molar-refractivity contribution is 6.30. The predicted molar refractivity (Wildman–Crippen MR) is 119 cm³/mol. The van der Waals surface area contributed by atoms with Crippen molar-refractivity contribution in [3.63, 3.8) is 0 Å². The molecule has 0 aliphatic carbocycles. The number of rotatable bonds is 4. The quantitative estimate of drug-likeness (QED) is 0.529. The molecule has 33 heavy (non-hydrogen) atoms. The Balaban J connectivity index is 1.63. The number of carbonyl (C=O) groups excluding carboxylic acids is 3. The Bertz CT molecular complexity index is 1060. The van der Waals surface area contributed by atoms with Gasteiger partial charge in [0.15, 0.2) is 0 Å². The highest BCUT2D eigenvalue weighted by Crippen LogP contribution is 2.57.